The summed E-state index contributed by atoms with van der Waals surface area (Å²) in [6.45, 7) is 4.49. The van der Waals surface area contributed by atoms with Crippen LogP contribution in [-0.2, 0) is 11.2 Å². The number of hydrogen-bond acceptors (Lipinski definition) is 2. The number of nitrogens with one attached hydrogen (secondary N) is 1. The number of amides is 1. The molecule has 0 atom stereocenters. The van der Waals surface area contributed by atoms with Gasteiger partial charge < -0.3 is 10.1 Å². The van der Waals surface area contributed by atoms with E-state index >= 15 is 0 Å². The molecular formula is C13H19NO2. The molecule has 0 unspecified atom stereocenters. The van der Waals surface area contributed by atoms with Crippen LogP contribution in [0.1, 0.15) is 26.8 Å². The van der Waals surface area contributed by atoms with E-state index in [0.717, 1.165) is 17.9 Å². The molecule has 0 saturated carbocycles. The minimum atomic E-state index is -0.0842. The minimum absolute atomic E-state index is 0. The predicted molar refractivity (Wildman–Crippen MR) is 65.8 cm³/mol. The zero-order chi connectivity index (χ0) is 10.8. The second-order valence-electron chi connectivity index (χ2n) is 4.27. The molecule has 0 aliphatic carbocycles. The standard InChI is InChI=1S/C12H15NO2.CH4/c1-8(2)5-9-3-4-10-11(6-9)15-7-12(14)13-10;/h3-4,6,8H,5,7H2,1-2H3,(H,13,14);1H4. The van der Waals surface area contributed by atoms with E-state index in [4.69, 9.17) is 4.74 Å². The highest BCUT2D eigenvalue weighted by molar-refractivity contribution is 5.95. The van der Waals surface area contributed by atoms with E-state index in [1.54, 1.807) is 0 Å². The normalized spacial score (nSPS) is 13.6. The van der Waals surface area contributed by atoms with Gasteiger partial charge in [-0.3, -0.25) is 4.79 Å². The Morgan fingerprint density at radius 1 is 1.44 bits per heavy atom. The van der Waals surface area contributed by atoms with E-state index in [-0.39, 0.29) is 19.9 Å². The molecule has 1 aromatic rings. The molecule has 0 radical (unpaired) electrons. The first-order valence-corrected chi connectivity index (χ1v) is 5.21. The lowest BCUT2D eigenvalue weighted by Gasteiger charge is -2.18. The molecule has 3 nitrogen and oxygen atoms in total. The fourth-order valence-electron chi connectivity index (χ4n) is 1.72. The zero-order valence-corrected chi connectivity index (χ0v) is 9.04. The quantitative estimate of drug-likeness (QED) is 0.834. The Bertz CT molecular complexity index is 386. The molecule has 0 fully saturated rings. The van der Waals surface area contributed by atoms with E-state index < -0.39 is 0 Å². The third-order valence-electron chi connectivity index (χ3n) is 2.32. The third-order valence-corrected chi connectivity index (χ3v) is 2.32. The highest BCUT2D eigenvalue weighted by Crippen LogP contribution is 2.29. The van der Waals surface area contributed by atoms with Crippen molar-refractivity contribution in [3.05, 3.63) is 23.8 Å². The molecule has 2 rings (SSSR count). The van der Waals surface area contributed by atoms with Gasteiger partial charge in [-0.25, -0.2) is 0 Å². The second kappa shape index (κ2) is 5.01. The smallest absolute Gasteiger partial charge is 0.262 e. The van der Waals surface area contributed by atoms with E-state index in [1.165, 1.54) is 5.56 Å². The number of fused-ring (bicyclic) bond motifs is 1. The van der Waals surface area contributed by atoms with E-state index in [9.17, 15) is 4.79 Å². The van der Waals surface area contributed by atoms with Gasteiger partial charge in [-0.1, -0.05) is 27.3 Å². The van der Waals surface area contributed by atoms with Crippen molar-refractivity contribution in [3.63, 3.8) is 0 Å². The molecule has 1 aliphatic heterocycles. The van der Waals surface area contributed by atoms with Crippen LogP contribution in [0.4, 0.5) is 5.69 Å². The van der Waals surface area contributed by atoms with E-state index in [0.29, 0.717) is 5.92 Å². The number of rotatable bonds is 2. The molecule has 0 bridgehead atoms. The van der Waals surface area contributed by atoms with Crippen LogP contribution in [0.25, 0.3) is 0 Å². The van der Waals surface area contributed by atoms with Crippen LogP contribution in [0, 0.1) is 5.92 Å². The Balaban J connectivity index is 0.00000128. The molecule has 16 heavy (non-hydrogen) atoms. The molecule has 1 amide bonds. The summed E-state index contributed by atoms with van der Waals surface area (Å²) in [5, 5.41) is 2.78. The van der Waals surface area contributed by atoms with Crippen molar-refractivity contribution in [1.29, 1.82) is 0 Å². The largest absolute Gasteiger partial charge is 0.482 e. The lowest BCUT2D eigenvalue weighted by atomic mass is 10.0. The number of hydrogen-bond donors (Lipinski definition) is 1. The Kier molecular flexibility index (Phi) is 3.93. The molecule has 1 aliphatic rings. The maximum atomic E-state index is 11.1. The number of carbonyl (C=O) groups is 1. The fourth-order valence-corrected chi connectivity index (χ4v) is 1.72. The summed E-state index contributed by atoms with van der Waals surface area (Å²) in [5.74, 6) is 1.33. The average Bonchev–Trinajstić information content (AvgIpc) is 2.17. The van der Waals surface area contributed by atoms with Gasteiger partial charge in [-0.15, -0.1) is 0 Å². The topological polar surface area (TPSA) is 38.3 Å². The average molecular weight is 221 g/mol. The molecule has 1 heterocycles. The van der Waals surface area contributed by atoms with Crippen LogP contribution in [-0.4, -0.2) is 12.5 Å². The monoisotopic (exact) mass is 221 g/mol. The summed E-state index contributed by atoms with van der Waals surface area (Å²) in [4.78, 5) is 11.1. The molecule has 0 aromatic heterocycles. The van der Waals surface area contributed by atoms with Gasteiger partial charge in [0.05, 0.1) is 5.69 Å². The summed E-state index contributed by atoms with van der Waals surface area (Å²) in [7, 11) is 0. The first kappa shape index (κ1) is 12.6. The third kappa shape index (κ3) is 2.75. The van der Waals surface area contributed by atoms with E-state index in [2.05, 4.69) is 19.2 Å². The minimum Gasteiger partial charge on any atom is -0.482 e. The van der Waals surface area contributed by atoms with Crippen molar-refractivity contribution in [2.24, 2.45) is 5.92 Å². The van der Waals surface area contributed by atoms with Crippen LogP contribution in [0.5, 0.6) is 5.75 Å². The summed E-state index contributed by atoms with van der Waals surface area (Å²) in [6.07, 6.45) is 1.03. The van der Waals surface area contributed by atoms with Crippen LogP contribution in [0.2, 0.25) is 0 Å². The Morgan fingerprint density at radius 2 is 2.19 bits per heavy atom. The van der Waals surface area contributed by atoms with Crippen molar-refractivity contribution < 1.29 is 9.53 Å². The summed E-state index contributed by atoms with van der Waals surface area (Å²) >= 11 is 0. The van der Waals surface area contributed by atoms with Crippen LogP contribution >= 0.6 is 0 Å². The van der Waals surface area contributed by atoms with Crippen molar-refractivity contribution in [2.75, 3.05) is 11.9 Å². The molecule has 0 spiro atoms. The van der Waals surface area contributed by atoms with Crippen molar-refractivity contribution in [1.82, 2.24) is 0 Å². The van der Waals surface area contributed by atoms with Gasteiger partial charge in [0.2, 0.25) is 0 Å². The van der Waals surface area contributed by atoms with Crippen molar-refractivity contribution >= 4 is 11.6 Å². The fraction of sp³-hybridized carbons (Fsp3) is 0.462. The van der Waals surface area contributed by atoms with Gasteiger partial charge in [0.15, 0.2) is 6.61 Å². The summed E-state index contributed by atoms with van der Waals surface area (Å²) in [5.41, 5.74) is 2.03. The van der Waals surface area contributed by atoms with Crippen molar-refractivity contribution in [3.8, 4) is 5.75 Å². The zero-order valence-electron chi connectivity index (χ0n) is 9.04. The first-order chi connectivity index (χ1) is 7.15. The number of carbonyl (C=O) groups excluding carboxylic acids is 1. The van der Waals surface area contributed by atoms with Crippen LogP contribution in [0.3, 0.4) is 0 Å². The Hall–Kier alpha value is -1.51. The summed E-state index contributed by atoms with van der Waals surface area (Å²) < 4.78 is 5.35. The van der Waals surface area contributed by atoms with Crippen molar-refractivity contribution in [2.45, 2.75) is 27.7 Å². The second-order valence-corrected chi connectivity index (χ2v) is 4.27. The number of ether oxygens (including phenoxy) is 1. The molecule has 3 heteroatoms. The number of anilines is 1. The van der Waals surface area contributed by atoms with Crippen LogP contribution < -0.4 is 10.1 Å². The van der Waals surface area contributed by atoms with Gasteiger partial charge in [0.1, 0.15) is 5.75 Å². The van der Waals surface area contributed by atoms with Gasteiger partial charge in [-0.05, 0) is 30.0 Å². The first-order valence-electron chi connectivity index (χ1n) is 5.21. The van der Waals surface area contributed by atoms with Gasteiger partial charge in [0, 0.05) is 0 Å². The van der Waals surface area contributed by atoms with Crippen LogP contribution in [0.15, 0.2) is 18.2 Å². The Labute approximate surface area is 96.8 Å². The molecule has 88 valence electrons. The predicted octanol–water partition coefficient (Wildman–Crippen LogP) is 2.85. The Morgan fingerprint density at radius 3 is 2.88 bits per heavy atom. The number of benzene rings is 1. The van der Waals surface area contributed by atoms with Gasteiger partial charge in [-0.2, -0.15) is 0 Å². The van der Waals surface area contributed by atoms with E-state index in [1.807, 2.05) is 18.2 Å². The molecule has 1 N–H and O–H groups in total. The highest BCUT2D eigenvalue weighted by Gasteiger charge is 2.15. The SMILES string of the molecule is C.CC(C)Cc1ccc2c(c1)OCC(=O)N2. The molecule has 0 saturated heterocycles. The lowest BCUT2D eigenvalue weighted by molar-refractivity contribution is -0.118. The molecule has 1 aromatic carbocycles. The van der Waals surface area contributed by atoms with Gasteiger partial charge >= 0.3 is 0 Å². The summed E-state index contributed by atoms with van der Waals surface area (Å²) in [6, 6.07) is 5.95. The van der Waals surface area contributed by atoms with Gasteiger partial charge in [0.25, 0.3) is 5.91 Å². The molecular weight excluding hydrogens is 202 g/mol. The maximum absolute atomic E-state index is 11.1. The maximum Gasteiger partial charge on any atom is 0.262 e. The highest BCUT2D eigenvalue weighted by atomic mass is 16.5. The lowest BCUT2D eigenvalue weighted by Crippen LogP contribution is -2.25.